The Balaban J connectivity index is 2.97. The van der Waals surface area contributed by atoms with Crippen LogP contribution in [-0.2, 0) is 0 Å². The molecule has 1 aromatic carbocycles. The summed E-state index contributed by atoms with van der Waals surface area (Å²) >= 11 is 3.41. The van der Waals surface area contributed by atoms with Crippen LogP contribution in [-0.4, -0.2) is 18.3 Å². The topological polar surface area (TPSA) is 55.5 Å². The molecule has 0 unspecified atom stereocenters. The zero-order valence-electron chi connectivity index (χ0n) is 10.7. The smallest absolute Gasteiger partial charge is 0.133 e. The van der Waals surface area contributed by atoms with Crippen LogP contribution in [0.2, 0.25) is 0 Å². The van der Waals surface area contributed by atoms with E-state index in [1.807, 2.05) is 39.0 Å². The molecular weight excluding hydrogens is 282 g/mol. The van der Waals surface area contributed by atoms with Crippen molar-refractivity contribution in [2.24, 2.45) is 11.1 Å². The lowest BCUT2D eigenvalue weighted by atomic mass is 9.82. The molecule has 1 aromatic rings. The van der Waals surface area contributed by atoms with E-state index < -0.39 is 12.1 Å². The standard InChI is InChI=1S/C13H20BrNO2/c1-13(2,3)12(16)11(15)8-5-6-10(17-4)9(14)7-8/h5-7,11-12,16H,15H2,1-4H3/t11-,12-/m1/s1. The number of ether oxygens (including phenoxy) is 1. The first-order valence-electron chi connectivity index (χ1n) is 5.54. The van der Waals surface area contributed by atoms with E-state index in [-0.39, 0.29) is 5.41 Å². The molecule has 17 heavy (non-hydrogen) atoms. The molecule has 2 atom stereocenters. The highest BCUT2D eigenvalue weighted by atomic mass is 79.9. The van der Waals surface area contributed by atoms with Crippen LogP contribution >= 0.6 is 15.9 Å². The Morgan fingerprint density at radius 2 is 1.94 bits per heavy atom. The van der Waals surface area contributed by atoms with Gasteiger partial charge in [0.25, 0.3) is 0 Å². The number of hydrogen-bond acceptors (Lipinski definition) is 3. The maximum Gasteiger partial charge on any atom is 0.133 e. The van der Waals surface area contributed by atoms with Crippen LogP contribution in [0.3, 0.4) is 0 Å². The second-order valence-corrected chi connectivity index (χ2v) is 6.08. The Hall–Kier alpha value is -0.580. The molecule has 0 amide bonds. The molecule has 0 fully saturated rings. The van der Waals surface area contributed by atoms with Crippen molar-refractivity contribution in [3.05, 3.63) is 28.2 Å². The van der Waals surface area contributed by atoms with E-state index in [0.29, 0.717) is 0 Å². The van der Waals surface area contributed by atoms with Gasteiger partial charge < -0.3 is 15.6 Å². The molecule has 3 nitrogen and oxygen atoms in total. The largest absolute Gasteiger partial charge is 0.496 e. The third-order valence-electron chi connectivity index (χ3n) is 2.79. The molecule has 0 spiro atoms. The Morgan fingerprint density at radius 3 is 2.35 bits per heavy atom. The molecule has 0 aliphatic carbocycles. The monoisotopic (exact) mass is 301 g/mol. The summed E-state index contributed by atoms with van der Waals surface area (Å²) in [5.74, 6) is 0.756. The summed E-state index contributed by atoms with van der Waals surface area (Å²) in [7, 11) is 1.61. The van der Waals surface area contributed by atoms with Gasteiger partial charge in [-0.2, -0.15) is 0 Å². The lowest BCUT2D eigenvalue weighted by Crippen LogP contribution is -2.36. The van der Waals surface area contributed by atoms with E-state index in [1.54, 1.807) is 7.11 Å². The normalized spacial score (nSPS) is 15.5. The van der Waals surface area contributed by atoms with E-state index in [4.69, 9.17) is 10.5 Å². The maximum atomic E-state index is 10.2. The highest BCUT2D eigenvalue weighted by Gasteiger charge is 2.29. The summed E-state index contributed by atoms with van der Waals surface area (Å²) in [4.78, 5) is 0. The summed E-state index contributed by atoms with van der Waals surface area (Å²) in [6.07, 6.45) is -0.595. The van der Waals surface area contributed by atoms with Gasteiger partial charge in [-0.25, -0.2) is 0 Å². The summed E-state index contributed by atoms with van der Waals surface area (Å²) in [6, 6.07) is 5.20. The van der Waals surface area contributed by atoms with Crippen molar-refractivity contribution in [3.8, 4) is 5.75 Å². The summed E-state index contributed by atoms with van der Waals surface area (Å²) in [5.41, 5.74) is 6.72. The van der Waals surface area contributed by atoms with Crippen molar-refractivity contribution in [1.29, 1.82) is 0 Å². The second kappa shape index (κ2) is 5.38. The molecule has 0 aromatic heterocycles. The summed E-state index contributed by atoms with van der Waals surface area (Å²) in [6.45, 7) is 5.91. The minimum absolute atomic E-state index is 0.244. The average Bonchev–Trinajstić information content (AvgIpc) is 2.25. The number of aliphatic hydroxyl groups is 1. The van der Waals surface area contributed by atoms with Crippen LogP contribution in [0.25, 0.3) is 0 Å². The molecule has 0 aliphatic rings. The fourth-order valence-electron chi connectivity index (χ4n) is 1.61. The quantitative estimate of drug-likeness (QED) is 0.902. The van der Waals surface area contributed by atoms with Crippen LogP contribution in [0.1, 0.15) is 32.4 Å². The van der Waals surface area contributed by atoms with Crippen LogP contribution in [0.15, 0.2) is 22.7 Å². The molecule has 0 heterocycles. The molecule has 4 heteroatoms. The number of hydrogen-bond donors (Lipinski definition) is 2. The zero-order valence-corrected chi connectivity index (χ0v) is 12.3. The van der Waals surface area contributed by atoms with E-state index in [0.717, 1.165) is 15.8 Å². The lowest BCUT2D eigenvalue weighted by Gasteiger charge is -2.31. The van der Waals surface area contributed by atoms with Gasteiger partial charge in [-0.15, -0.1) is 0 Å². The van der Waals surface area contributed by atoms with Crippen molar-refractivity contribution < 1.29 is 9.84 Å². The molecule has 1 rings (SSSR count). The summed E-state index contributed by atoms with van der Waals surface area (Å²) < 4.78 is 6.00. The van der Waals surface area contributed by atoms with Gasteiger partial charge in [0, 0.05) is 0 Å². The number of nitrogens with two attached hydrogens (primary N) is 1. The predicted molar refractivity (Wildman–Crippen MR) is 73.1 cm³/mol. The third-order valence-corrected chi connectivity index (χ3v) is 3.41. The van der Waals surface area contributed by atoms with Gasteiger partial charge in [-0.05, 0) is 39.0 Å². The molecule has 0 bridgehead atoms. The van der Waals surface area contributed by atoms with Crippen molar-refractivity contribution in [3.63, 3.8) is 0 Å². The van der Waals surface area contributed by atoms with E-state index >= 15 is 0 Å². The molecule has 3 N–H and O–H groups in total. The Kier molecular flexibility index (Phi) is 4.58. The third kappa shape index (κ3) is 3.44. The summed E-state index contributed by atoms with van der Waals surface area (Å²) in [5, 5.41) is 10.2. The molecule has 0 radical (unpaired) electrons. The van der Waals surface area contributed by atoms with Crippen molar-refractivity contribution in [2.45, 2.75) is 32.9 Å². The minimum Gasteiger partial charge on any atom is -0.496 e. The Labute approximate surface area is 111 Å². The van der Waals surface area contributed by atoms with Crippen molar-refractivity contribution in [2.75, 3.05) is 7.11 Å². The first kappa shape index (κ1) is 14.5. The fourth-order valence-corrected chi connectivity index (χ4v) is 2.17. The molecular formula is C13H20BrNO2. The van der Waals surface area contributed by atoms with Crippen LogP contribution in [0.4, 0.5) is 0 Å². The maximum absolute atomic E-state index is 10.2. The van der Waals surface area contributed by atoms with Gasteiger partial charge in [0.2, 0.25) is 0 Å². The van der Waals surface area contributed by atoms with Gasteiger partial charge in [0.05, 0.1) is 23.7 Å². The van der Waals surface area contributed by atoms with E-state index in [1.165, 1.54) is 0 Å². The lowest BCUT2D eigenvalue weighted by molar-refractivity contribution is 0.0401. The number of rotatable bonds is 3. The Bertz CT molecular complexity index is 387. The van der Waals surface area contributed by atoms with Gasteiger partial charge in [0.1, 0.15) is 5.75 Å². The van der Waals surface area contributed by atoms with Gasteiger partial charge in [0.15, 0.2) is 0 Å². The minimum atomic E-state index is -0.595. The predicted octanol–water partition coefficient (Wildman–Crippen LogP) is 2.86. The van der Waals surface area contributed by atoms with Gasteiger partial charge in [-0.3, -0.25) is 0 Å². The Morgan fingerprint density at radius 1 is 1.35 bits per heavy atom. The van der Waals surface area contributed by atoms with E-state index in [9.17, 15) is 5.11 Å². The SMILES string of the molecule is COc1ccc([C@@H](N)[C@@H](O)C(C)(C)C)cc1Br. The van der Waals surface area contributed by atoms with Crippen molar-refractivity contribution in [1.82, 2.24) is 0 Å². The van der Waals surface area contributed by atoms with Gasteiger partial charge in [-0.1, -0.05) is 26.8 Å². The zero-order chi connectivity index (χ0) is 13.2. The highest BCUT2D eigenvalue weighted by Crippen LogP contribution is 2.32. The first-order valence-corrected chi connectivity index (χ1v) is 6.33. The molecule has 0 saturated heterocycles. The van der Waals surface area contributed by atoms with Crippen LogP contribution in [0.5, 0.6) is 5.75 Å². The second-order valence-electron chi connectivity index (χ2n) is 5.23. The van der Waals surface area contributed by atoms with Gasteiger partial charge >= 0.3 is 0 Å². The molecule has 0 aliphatic heterocycles. The van der Waals surface area contributed by atoms with E-state index in [2.05, 4.69) is 15.9 Å². The van der Waals surface area contributed by atoms with Crippen molar-refractivity contribution >= 4 is 15.9 Å². The fraction of sp³-hybridized carbons (Fsp3) is 0.538. The number of methoxy groups -OCH3 is 1. The molecule has 96 valence electrons. The van der Waals surface area contributed by atoms with Crippen LogP contribution in [0, 0.1) is 5.41 Å². The highest BCUT2D eigenvalue weighted by molar-refractivity contribution is 9.10. The molecule has 0 saturated carbocycles. The number of benzene rings is 1. The first-order chi connectivity index (χ1) is 7.77. The van der Waals surface area contributed by atoms with Crippen LogP contribution < -0.4 is 10.5 Å². The number of aliphatic hydroxyl groups excluding tert-OH is 1. The average molecular weight is 302 g/mol. The number of halogens is 1.